The predicted molar refractivity (Wildman–Crippen MR) is 105 cm³/mol. The van der Waals surface area contributed by atoms with Crippen LogP contribution in [0.25, 0.3) is 10.9 Å². The Kier molecular flexibility index (Phi) is 4.99. The number of carbonyl (C=O) groups excluding carboxylic acids is 2. The lowest BCUT2D eigenvalue weighted by atomic mass is 9.89. The van der Waals surface area contributed by atoms with Gasteiger partial charge in [-0.3, -0.25) is 9.59 Å². The van der Waals surface area contributed by atoms with E-state index in [1.165, 1.54) is 0 Å². The molecule has 6 heteroatoms. The minimum absolute atomic E-state index is 0.0265. The molecule has 3 aromatic rings. The van der Waals surface area contributed by atoms with Crippen LogP contribution in [0, 0.1) is 5.41 Å². The molecule has 0 saturated heterocycles. The van der Waals surface area contributed by atoms with Crippen molar-refractivity contribution in [1.82, 2.24) is 9.97 Å². The third kappa shape index (κ3) is 4.16. The highest BCUT2D eigenvalue weighted by Crippen LogP contribution is 2.24. The van der Waals surface area contributed by atoms with Crippen LogP contribution in [-0.4, -0.2) is 28.3 Å². The van der Waals surface area contributed by atoms with Gasteiger partial charge >= 0.3 is 0 Å². The minimum atomic E-state index is -0.473. The van der Waals surface area contributed by atoms with Crippen LogP contribution in [0.5, 0.6) is 5.75 Å². The van der Waals surface area contributed by atoms with Gasteiger partial charge in [-0.2, -0.15) is 0 Å². The van der Waals surface area contributed by atoms with E-state index in [2.05, 4.69) is 15.3 Å². The zero-order chi connectivity index (χ0) is 19.6. The van der Waals surface area contributed by atoms with E-state index in [4.69, 9.17) is 4.74 Å². The van der Waals surface area contributed by atoms with Crippen molar-refractivity contribution in [3.05, 3.63) is 53.9 Å². The number of nitrogens with zero attached hydrogens (tertiary/aromatic N) is 1. The molecule has 140 valence electrons. The molecule has 1 amide bonds. The number of benzene rings is 1. The molecule has 0 spiro atoms. The molecule has 0 aliphatic heterocycles. The number of rotatable bonds is 5. The Labute approximate surface area is 158 Å². The molecule has 27 heavy (non-hydrogen) atoms. The molecular formula is C21H23N3O3. The SMILES string of the molecule is CCOc1ccc(C(=O)Nc2cc3cc(C(=O)C(C)(C)C)[nH]c3cn2)cc1. The molecule has 0 aliphatic rings. The van der Waals surface area contributed by atoms with Crippen LogP contribution < -0.4 is 10.1 Å². The smallest absolute Gasteiger partial charge is 0.256 e. The second kappa shape index (κ2) is 7.23. The van der Waals surface area contributed by atoms with Crippen LogP contribution in [0.2, 0.25) is 0 Å². The van der Waals surface area contributed by atoms with Crippen molar-refractivity contribution in [3.8, 4) is 5.75 Å². The number of pyridine rings is 1. The van der Waals surface area contributed by atoms with Crippen LogP contribution in [-0.2, 0) is 0 Å². The van der Waals surface area contributed by atoms with Gasteiger partial charge in [0.05, 0.1) is 24.0 Å². The summed E-state index contributed by atoms with van der Waals surface area (Å²) < 4.78 is 5.38. The Morgan fingerprint density at radius 1 is 1.15 bits per heavy atom. The molecule has 0 aliphatic carbocycles. The van der Waals surface area contributed by atoms with E-state index >= 15 is 0 Å². The topological polar surface area (TPSA) is 84.1 Å². The van der Waals surface area contributed by atoms with Gasteiger partial charge in [0.1, 0.15) is 11.6 Å². The third-order valence-electron chi connectivity index (χ3n) is 4.10. The molecule has 1 aromatic carbocycles. The largest absolute Gasteiger partial charge is 0.494 e. The molecular weight excluding hydrogens is 342 g/mol. The minimum Gasteiger partial charge on any atom is -0.494 e. The zero-order valence-electron chi connectivity index (χ0n) is 15.9. The van der Waals surface area contributed by atoms with E-state index in [0.29, 0.717) is 23.7 Å². The number of ketones is 1. The molecule has 0 fully saturated rings. The summed E-state index contributed by atoms with van der Waals surface area (Å²) in [6.45, 7) is 8.11. The second-order valence-corrected chi connectivity index (χ2v) is 7.33. The Morgan fingerprint density at radius 2 is 1.85 bits per heavy atom. The van der Waals surface area contributed by atoms with Crippen molar-refractivity contribution in [3.63, 3.8) is 0 Å². The number of aromatic amines is 1. The van der Waals surface area contributed by atoms with Crippen LogP contribution in [0.4, 0.5) is 5.82 Å². The third-order valence-corrected chi connectivity index (χ3v) is 4.10. The van der Waals surface area contributed by atoms with E-state index in [0.717, 1.165) is 16.7 Å². The first-order chi connectivity index (χ1) is 12.8. The molecule has 0 atom stereocenters. The summed E-state index contributed by atoms with van der Waals surface area (Å²) in [4.78, 5) is 32.2. The van der Waals surface area contributed by atoms with Crippen molar-refractivity contribution in [2.24, 2.45) is 5.41 Å². The summed E-state index contributed by atoms with van der Waals surface area (Å²) in [6.07, 6.45) is 1.61. The molecule has 2 N–H and O–H groups in total. The van der Waals surface area contributed by atoms with Gasteiger partial charge < -0.3 is 15.0 Å². The van der Waals surface area contributed by atoms with E-state index in [1.54, 1.807) is 42.6 Å². The zero-order valence-corrected chi connectivity index (χ0v) is 15.9. The van der Waals surface area contributed by atoms with Crippen LogP contribution >= 0.6 is 0 Å². The summed E-state index contributed by atoms with van der Waals surface area (Å²) in [6, 6.07) is 10.5. The van der Waals surface area contributed by atoms with E-state index in [9.17, 15) is 9.59 Å². The Hall–Kier alpha value is -3.15. The summed E-state index contributed by atoms with van der Waals surface area (Å²) in [5, 5.41) is 3.60. The molecule has 6 nitrogen and oxygen atoms in total. The molecule has 3 rings (SSSR count). The van der Waals surface area contributed by atoms with Crippen molar-refractivity contribution >= 4 is 28.4 Å². The normalized spacial score (nSPS) is 11.4. The number of H-pyrrole nitrogens is 1. The number of carbonyl (C=O) groups is 2. The molecule has 0 saturated carbocycles. The van der Waals surface area contributed by atoms with Crippen molar-refractivity contribution in [2.45, 2.75) is 27.7 Å². The van der Waals surface area contributed by atoms with Gasteiger partial charge in [-0.05, 0) is 43.3 Å². The maximum atomic E-state index is 12.4. The van der Waals surface area contributed by atoms with Crippen LogP contribution in [0.3, 0.4) is 0 Å². The fourth-order valence-corrected chi connectivity index (χ4v) is 2.68. The predicted octanol–water partition coefficient (Wildman–Crippen LogP) is 4.44. The lowest BCUT2D eigenvalue weighted by Crippen LogP contribution is -2.20. The summed E-state index contributed by atoms with van der Waals surface area (Å²) >= 11 is 0. The highest BCUT2D eigenvalue weighted by atomic mass is 16.5. The fourth-order valence-electron chi connectivity index (χ4n) is 2.68. The van der Waals surface area contributed by atoms with Gasteiger partial charge in [-0.1, -0.05) is 20.8 Å². The lowest BCUT2D eigenvalue weighted by molar-refractivity contribution is 0.0853. The standard InChI is InChI=1S/C21H23N3O3/c1-5-27-15-8-6-13(7-9-15)20(26)24-18-11-14-10-16(19(25)21(2,3)4)23-17(14)12-22-18/h6-12,23H,5H2,1-4H3,(H,22,24,26). The van der Waals surface area contributed by atoms with E-state index < -0.39 is 5.41 Å². The number of aromatic nitrogens is 2. The average Bonchev–Trinajstić information content (AvgIpc) is 3.04. The van der Waals surface area contributed by atoms with Crippen LogP contribution in [0.15, 0.2) is 42.6 Å². The maximum Gasteiger partial charge on any atom is 0.256 e. The number of amides is 1. The van der Waals surface area contributed by atoms with E-state index in [-0.39, 0.29) is 11.7 Å². The first-order valence-corrected chi connectivity index (χ1v) is 8.85. The van der Waals surface area contributed by atoms with E-state index in [1.807, 2.05) is 27.7 Å². The highest BCUT2D eigenvalue weighted by Gasteiger charge is 2.24. The van der Waals surface area contributed by atoms with Crippen molar-refractivity contribution in [2.75, 3.05) is 11.9 Å². The fraction of sp³-hybridized carbons (Fsp3) is 0.286. The Bertz CT molecular complexity index is 982. The highest BCUT2D eigenvalue weighted by molar-refractivity contribution is 6.05. The van der Waals surface area contributed by atoms with Gasteiger partial charge in [0.25, 0.3) is 5.91 Å². The molecule has 0 radical (unpaired) electrons. The van der Waals surface area contributed by atoms with Gasteiger partial charge in [0.2, 0.25) is 0 Å². The Morgan fingerprint density at radius 3 is 2.48 bits per heavy atom. The number of anilines is 1. The number of hydrogen-bond donors (Lipinski definition) is 2. The molecule has 2 aromatic heterocycles. The van der Waals surface area contributed by atoms with Gasteiger partial charge in [-0.25, -0.2) is 4.98 Å². The maximum absolute atomic E-state index is 12.4. The lowest BCUT2D eigenvalue weighted by Gasteiger charge is -2.14. The number of fused-ring (bicyclic) bond motifs is 1. The van der Waals surface area contributed by atoms with Crippen molar-refractivity contribution in [1.29, 1.82) is 0 Å². The summed E-state index contributed by atoms with van der Waals surface area (Å²) in [7, 11) is 0. The number of Topliss-reactive ketones (excluding diaryl/α,β-unsaturated/α-hetero) is 1. The van der Waals surface area contributed by atoms with Crippen LogP contribution in [0.1, 0.15) is 48.5 Å². The summed E-state index contributed by atoms with van der Waals surface area (Å²) in [5.41, 5.74) is 1.33. The van der Waals surface area contributed by atoms with Gasteiger partial charge in [0.15, 0.2) is 5.78 Å². The molecule has 2 heterocycles. The average molecular weight is 365 g/mol. The molecule has 0 bridgehead atoms. The first kappa shape index (κ1) is 18.6. The number of nitrogens with one attached hydrogen (secondary N) is 2. The van der Waals surface area contributed by atoms with Crippen molar-refractivity contribution < 1.29 is 14.3 Å². The van der Waals surface area contributed by atoms with Gasteiger partial charge in [-0.15, -0.1) is 0 Å². The number of hydrogen-bond acceptors (Lipinski definition) is 4. The summed E-state index contributed by atoms with van der Waals surface area (Å²) in [5.74, 6) is 0.914. The monoisotopic (exact) mass is 365 g/mol. The molecule has 0 unspecified atom stereocenters. The second-order valence-electron chi connectivity index (χ2n) is 7.33. The van der Waals surface area contributed by atoms with Gasteiger partial charge in [0, 0.05) is 16.4 Å². The number of ether oxygens (including phenoxy) is 1. The quantitative estimate of drug-likeness (QED) is 0.655. The first-order valence-electron chi connectivity index (χ1n) is 8.85. The Balaban J connectivity index is 1.78.